The number of aliphatic hydroxyl groups excluding tert-OH is 1. The molecule has 2 amide bonds. The summed E-state index contributed by atoms with van der Waals surface area (Å²) in [7, 11) is 0. The van der Waals surface area contributed by atoms with E-state index < -0.39 is 41.1 Å². The monoisotopic (exact) mass is 508 g/mol. The topological polar surface area (TPSA) is 96.4 Å². The number of carbonyl (C=O) groups is 3. The van der Waals surface area contributed by atoms with Crippen molar-refractivity contribution in [2.75, 3.05) is 24.7 Å². The molecule has 4 aliphatic heterocycles. The number of amides is 2. The highest BCUT2D eigenvalue weighted by Crippen LogP contribution is 2.57. The molecule has 1 aromatic carbocycles. The number of aryl methyl sites for hydroxylation is 2. The first-order valence-electron chi connectivity index (χ1n) is 13.2. The third kappa shape index (κ3) is 3.84. The summed E-state index contributed by atoms with van der Waals surface area (Å²) >= 11 is 0. The summed E-state index contributed by atoms with van der Waals surface area (Å²) in [5.74, 6) is -3.02. The zero-order chi connectivity index (χ0) is 26.5. The Kier molecular flexibility index (Phi) is 6.52. The lowest BCUT2D eigenvalue weighted by Crippen LogP contribution is -2.58. The van der Waals surface area contributed by atoms with E-state index >= 15 is 0 Å². The third-order valence-electron chi connectivity index (χ3n) is 8.39. The van der Waals surface area contributed by atoms with Gasteiger partial charge in [0.15, 0.2) is 0 Å². The Hall–Kier alpha value is -2.97. The van der Waals surface area contributed by atoms with Crippen LogP contribution in [0.2, 0.25) is 0 Å². The van der Waals surface area contributed by atoms with E-state index in [1.54, 1.807) is 18.7 Å². The summed E-state index contributed by atoms with van der Waals surface area (Å²) in [6, 6.07) is 4.18. The highest BCUT2D eigenvalue weighted by molar-refractivity contribution is 6.06. The number of hydrogen-bond acceptors (Lipinski definition) is 6. The largest absolute Gasteiger partial charge is 0.465 e. The lowest BCUT2D eigenvalue weighted by atomic mass is 9.74. The Bertz CT molecular complexity index is 1160. The minimum atomic E-state index is -1.38. The molecule has 0 bridgehead atoms. The summed E-state index contributed by atoms with van der Waals surface area (Å²) in [4.78, 5) is 45.3. The van der Waals surface area contributed by atoms with E-state index in [1.165, 1.54) is 4.90 Å². The first-order chi connectivity index (χ1) is 17.7. The average molecular weight is 509 g/mol. The molecule has 1 spiro atoms. The lowest BCUT2D eigenvalue weighted by molar-refractivity contribution is -0.159. The van der Waals surface area contributed by atoms with Gasteiger partial charge in [-0.05, 0) is 58.1 Å². The van der Waals surface area contributed by atoms with Crippen LogP contribution in [0.5, 0.6) is 0 Å². The van der Waals surface area contributed by atoms with E-state index in [4.69, 9.17) is 9.47 Å². The van der Waals surface area contributed by atoms with Crippen molar-refractivity contribution in [2.24, 2.45) is 11.8 Å². The number of carbonyl (C=O) groups excluding carboxylic acids is 3. The molecular weight excluding hydrogens is 472 g/mol. The van der Waals surface area contributed by atoms with Crippen molar-refractivity contribution in [2.45, 2.75) is 70.2 Å². The van der Waals surface area contributed by atoms with Crippen molar-refractivity contribution < 1.29 is 29.0 Å². The summed E-state index contributed by atoms with van der Waals surface area (Å²) in [6.07, 6.45) is 9.98. The number of rotatable bonds is 3. The van der Waals surface area contributed by atoms with E-state index in [0.717, 1.165) is 36.1 Å². The Labute approximate surface area is 217 Å². The number of hydrogen-bond donors (Lipinski definition) is 1. The van der Waals surface area contributed by atoms with Crippen LogP contribution in [0.4, 0.5) is 5.69 Å². The molecule has 0 radical (unpaired) electrons. The predicted octanol–water partition coefficient (Wildman–Crippen LogP) is 2.84. The molecule has 2 saturated heterocycles. The number of benzene rings is 1. The fraction of sp³-hybridized carbons (Fsp3) is 0.552. The van der Waals surface area contributed by atoms with Gasteiger partial charge >= 0.3 is 5.97 Å². The van der Waals surface area contributed by atoms with Gasteiger partial charge in [0.1, 0.15) is 17.6 Å². The van der Waals surface area contributed by atoms with E-state index in [1.807, 2.05) is 56.4 Å². The molecule has 2 fully saturated rings. The number of esters is 1. The zero-order valence-electron chi connectivity index (χ0n) is 22.0. The van der Waals surface area contributed by atoms with E-state index in [-0.39, 0.29) is 25.0 Å². The average Bonchev–Trinajstić information content (AvgIpc) is 3.20. The molecule has 1 aromatic rings. The van der Waals surface area contributed by atoms with Crippen molar-refractivity contribution in [3.05, 3.63) is 53.6 Å². The maximum atomic E-state index is 14.5. The van der Waals surface area contributed by atoms with Crippen LogP contribution in [-0.4, -0.2) is 70.8 Å². The molecule has 198 valence electrons. The van der Waals surface area contributed by atoms with Gasteiger partial charge in [-0.3, -0.25) is 14.4 Å². The lowest BCUT2D eigenvalue weighted by Gasteiger charge is -2.39. The second-order valence-corrected chi connectivity index (χ2v) is 10.9. The number of nitrogens with zero attached hydrogens (tertiary/aromatic N) is 2. The van der Waals surface area contributed by atoms with Gasteiger partial charge in [-0.1, -0.05) is 42.5 Å². The minimum absolute atomic E-state index is 0.280. The SMILES string of the molecule is Cc1cccc(C)c1N1CC=C[C@]23O[C@@]4(C)/C=C\CCCCOC(=O)[C@H]4[C@H]2C(=O)N([C@H](C)CO)C3C1=O. The van der Waals surface area contributed by atoms with E-state index in [0.29, 0.717) is 6.54 Å². The smallest absolute Gasteiger partial charge is 0.313 e. The van der Waals surface area contributed by atoms with Crippen LogP contribution < -0.4 is 4.90 Å². The molecule has 1 N–H and O–H groups in total. The molecule has 6 atom stereocenters. The second-order valence-electron chi connectivity index (χ2n) is 10.9. The molecule has 4 aliphatic rings. The molecule has 37 heavy (non-hydrogen) atoms. The van der Waals surface area contributed by atoms with Crippen molar-refractivity contribution in [1.29, 1.82) is 0 Å². The summed E-state index contributed by atoms with van der Waals surface area (Å²) < 4.78 is 12.4. The van der Waals surface area contributed by atoms with Gasteiger partial charge in [-0.2, -0.15) is 0 Å². The number of aliphatic hydroxyl groups is 1. The number of cyclic esters (lactones) is 1. The first kappa shape index (κ1) is 25.7. The van der Waals surface area contributed by atoms with Crippen molar-refractivity contribution in [3.8, 4) is 0 Å². The fourth-order valence-electron chi connectivity index (χ4n) is 6.73. The molecular formula is C29H36N2O6. The highest BCUT2D eigenvalue weighted by atomic mass is 16.6. The molecule has 8 nitrogen and oxygen atoms in total. The second kappa shape index (κ2) is 9.40. The predicted molar refractivity (Wildman–Crippen MR) is 138 cm³/mol. The zero-order valence-corrected chi connectivity index (χ0v) is 22.0. The van der Waals surface area contributed by atoms with Crippen molar-refractivity contribution in [3.63, 3.8) is 0 Å². The van der Waals surface area contributed by atoms with Gasteiger partial charge in [0.25, 0.3) is 5.91 Å². The molecule has 0 aliphatic carbocycles. The van der Waals surface area contributed by atoms with E-state index in [9.17, 15) is 19.5 Å². The van der Waals surface area contributed by atoms with E-state index in [2.05, 4.69) is 0 Å². The highest BCUT2D eigenvalue weighted by Gasteiger charge is 2.75. The first-order valence-corrected chi connectivity index (χ1v) is 13.2. The van der Waals surface area contributed by atoms with Gasteiger partial charge in [-0.25, -0.2) is 0 Å². The Balaban J connectivity index is 1.68. The number of likely N-dealkylation sites (tertiary alicyclic amines) is 1. The number of allylic oxidation sites excluding steroid dienone is 1. The molecule has 4 heterocycles. The number of ether oxygens (including phenoxy) is 2. The number of anilines is 1. The molecule has 0 aromatic heterocycles. The van der Waals surface area contributed by atoms with Crippen LogP contribution in [0.3, 0.4) is 0 Å². The van der Waals surface area contributed by atoms with Crippen LogP contribution in [0.1, 0.15) is 44.2 Å². The number of para-hydroxylation sites is 1. The van der Waals surface area contributed by atoms with Crippen molar-refractivity contribution in [1.82, 2.24) is 4.90 Å². The third-order valence-corrected chi connectivity index (χ3v) is 8.39. The van der Waals surface area contributed by atoms with Crippen molar-refractivity contribution >= 4 is 23.5 Å². The van der Waals surface area contributed by atoms with Gasteiger partial charge in [-0.15, -0.1) is 0 Å². The van der Waals surface area contributed by atoms with Crippen LogP contribution in [-0.2, 0) is 23.9 Å². The van der Waals surface area contributed by atoms with Gasteiger partial charge < -0.3 is 24.4 Å². The summed E-state index contributed by atoms with van der Waals surface area (Å²) in [6.45, 7) is 7.69. The maximum Gasteiger partial charge on any atom is 0.313 e. The summed E-state index contributed by atoms with van der Waals surface area (Å²) in [5, 5.41) is 10.1. The van der Waals surface area contributed by atoms with Crippen LogP contribution in [0, 0.1) is 25.7 Å². The minimum Gasteiger partial charge on any atom is -0.465 e. The quantitative estimate of drug-likeness (QED) is 0.498. The van der Waals surface area contributed by atoms with Crippen LogP contribution in [0.15, 0.2) is 42.5 Å². The van der Waals surface area contributed by atoms with Crippen LogP contribution in [0.25, 0.3) is 0 Å². The van der Waals surface area contributed by atoms with Crippen LogP contribution >= 0.6 is 0 Å². The van der Waals surface area contributed by atoms with Gasteiger partial charge in [0, 0.05) is 12.2 Å². The Morgan fingerprint density at radius 1 is 1.05 bits per heavy atom. The molecule has 1 unspecified atom stereocenters. The summed E-state index contributed by atoms with van der Waals surface area (Å²) in [5.41, 5.74) is 0.185. The standard InChI is InChI=1S/C29H36N2O6/c1-18-11-9-12-19(2)23(18)30-15-10-14-29-21(25(33)31(20(3)17-32)24(29)26(30)34)22-27(35)36-16-8-6-5-7-13-28(22,4)37-29/h7,9-14,20-22,24,32H,5-6,8,15-17H2,1-4H3/b13-7-/t20-,21+,22-,24?,28+,29+/m1/s1. The Morgan fingerprint density at radius 2 is 1.78 bits per heavy atom. The Morgan fingerprint density at radius 3 is 2.49 bits per heavy atom. The number of fused-ring (bicyclic) bond motifs is 2. The fourth-order valence-corrected chi connectivity index (χ4v) is 6.73. The normalized spacial score (nSPS) is 35.4. The molecule has 5 rings (SSSR count). The van der Waals surface area contributed by atoms with Gasteiger partial charge in [0.05, 0.1) is 30.8 Å². The maximum absolute atomic E-state index is 14.5. The van der Waals surface area contributed by atoms with Gasteiger partial charge in [0.2, 0.25) is 5.91 Å². The molecule has 8 heteroatoms. The molecule has 0 saturated carbocycles.